The van der Waals surface area contributed by atoms with E-state index in [-0.39, 0.29) is 5.91 Å². The maximum atomic E-state index is 13.4. The molecule has 0 fully saturated rings. The number of hydrogen-bond acceptors (Lipinski definition) is 2. The predicted octanol–water partition coefficient (Wildman–Crippen LogP) is 7.75. The van der Waals surface area contributed by atoms with E-state index in [2.05, 4.69) is 40.3 Å². The molecule has 1 aromatic heterocycles. The largest absolute Gasteiger partial charge is 0.322 e. The van der Waals surface area contributed by atoms with Crippen LogP contribution in [0.5, 0.6) is 0 Å². The number of carbonyl (C=O) groups excluding carboxylic acids is 1. The van der Waals surface area contributed by atoms with Crippen LogP contribution in [0.4, 0.5) is 5.69 Å². The number of hydrogen-bond donors (Lipinski definition) is 1. The molecule has 4 rings (SSSR count). The van der Waals surface area contributed by atoms with Crippen LogP contribution in [-0.2, 0) is 6.42 Å². The monoisotopic (exact) mass is 492 g/mol. The Balaban J connectivity index is 1.85. The third kappa shape index (κ3) is 4.36. The van der Waals surface area contributed by atoms with Crippen molar-refractivity contribution in [2.24, 2.45) is 0 Å². The molecule has 0 saturated carbocycles. The quantitative estimate of drug-likeness (QED) is 0.316. The van der Waals surface area contributed by atoms with E-state index in [1.165, 1.54) is 5.56 Å². The van der Waals surface area contributed by atoms with E-state index in [0.717, 1.165) is 49.9 Å². The standard InChI is InChI=1S/C26H22BrClN2O/c1-4-17-5-11-24-20(13-17)21(14-25(29-24)18-6-8-19(28)9-7-18)26(31)30-23-12-10-22(27)15(2)16(23)3/h5-14H,4H2,1-3H3,(H,30,31). The summed E-state index contributed by atoms with van der Waals surface area (Å²) in [5.74, 6) is -0.152. The highest BCUT2D eigenvalue weighted by molar-refractivity contribution is 9.10. The van der Waals surface area contributed by atoms with Crippen molar-refractivity contribution in [1.82, 2.24) is 4.98 Å². The number of benzene rings is 3. The van der Waals surface area contributed by atoms with Gasteiger partial charge in [-0.3, -0.25) is 4.79 Å². The molecule has 5 heteroatoms. The van der Waals surface area contributed by atoms with Crippen LogP contribution in [0.1, 0.15) is 34.0 Å². The minimum atomic E-state index is -0.152. The molecule has 3 nitrogen and oxygen atoms in total. The van der Waals surface area contributed by atoms with Gasteiger partial charge in [-0.2, -0.15) is 0 Å². The third-order valence-electron chi connectivity index (χ3n) is 5.64. The lowest BCUT2D eigenvalue weighted by Crippen LogP contribution is -2.14. The van der Waals surface area contributed by atoms with Crippen LogP contribution in [0, 0.1) is 13.8 Å². The number of aromatic nitrogens is 1. The van der Waals surface area contributed by atoms with Crippen LogP contribution in [0.15, 0.2) is 65.1 Å². The van der Waals surface area contributed by atoms with Crippen molar-refractivity contribution in [2.75, 3.05) is 5.32 Å². The van der Waals surface area contributed by atoms with Gasteiger partial charge in [0.1, 0.15) is 0 Å². The molecule has 0 spiro atoms. The third-order valence-corrected chi connectivity index (χ3v) is 6.75. The van der Waals surface area contributed by atoms with Crippen molar-refractivity contribution in [3.63, 3.8) is 0 Å². The topological polar surface area (TPSA) is 42.0 Å². The lowest BCUT2D eigenvalue weighted by Gasteiger charge is -2.14. The summed E-state index contributed by atoms with van der Waals surface area (Å²) in [7, 11) is 0. The Hall–Kier alpha value is -2.69. The molecule has 1 amide bonds. The molecule has 1 N–H and O–H groups in total. The van der Waals surface area contributed by atoms with Crippen molar-refractivity contribution in [3.05, 3.63) is 92.4 Å². The molecule has 0 unspecified atom stereocenters. The summed E-state index contributed by atoms with van der Waals surface area (Å²) < 4.78 is 1.02. The number of nitrogens with zero attached hydrogens (tertiary/aromatic N) is 1. The number of rotatable bonds is 4. The Labute approximate surface area is 195 Å². The minimum absolute atomic E-state index is 0.152. The van der Waals surface area contributed by atoms with E-state index in [0.29, 0.717) is 10.6 Å². The van der Waals surface area contributed by atoms with Crippen LogP contribution in [0.2, 0.25) is 5.02 Å². The number of fused-ring (bicyclic) bond motifs is 1. The molecular formula is C26H22BrClN2O. The summed E-state index contributed by atoms with van der Waals surface area (Å²) in [6, 6.07) is 19.3. The maximum Gasteiger partial charge on any atom is 0.256 e. The first-order valence-electron chi connectivity index (χ1n) is 10.1. The molecule has 0 saturated heterocycles. The van der Waals surface area contributed by atoms with Crippen molar-refractivity contribution in [2.45, 2.75) is 27.2 Å². The van der Waals surface area contributed by atoms with E-state index in [1.807, 2.05) is 62.4 Å². The van der Waals surface area contributed by atoms with Gasteiger partial charge in [0.2, 0.25) is 0 Å². The number of carbonyl (C=O) groups is 1. The number of amides is 1. The Morgan fingerprint density at radius 2 is 1.74 bits per heavy atom. The number of halogens is 2. The van der Waals surface area contributed by atoms with Gasteiger partial charge in [0, 0.05) is 26.1 Å². The molecular weight excluding hydrogens is 472 g/mol. The molecule has 0 bridgehead atoms. The van der Waals surface area contributed by atoms with E-state index in [9.17, 15) is 4.79 Å². The summed E-state index contributed by atoms with van der Waals surface area (Å²) in [6.07, 6.45) is 0.890. The van der Waals surface area contributed by atoms with E-state index >= 15 is 0 Å². The number of pyridine rings is 1. The molecule has 1 heterocycles. The van der Waals surface area contributed by atoms with Crippen LogP contribution >= 0.6 is 27.5 Å². The van der Waals surface area contributed by atoms with Gasteiger partial charge in [0.25, 0.3) is 5.91 Å². The maximum absolute atomic E-state index is 13.4. The van der Waals surface area contributed by atoms with Gasteiger partial charge in [-0.25, -0.2) is 4.98 Å². The van der Waals surface area contributed by atoms with Crippen LogP contribution < -0.4 is 5.32 Å². The minimum Gasteiger partial charge on any atom is -0.322 e. The Bertz CT molecular complexity index is 1300. The lowest BCUT2D eigenvalue weighted by molar-refractivity contribution is 0.102. The highest BCUT2D eigenvalue weighted by atomic mass is 79.9. The van der Waals surface area contributed by atoms with Crippen LogP contribution in [0.3, 0.4) is 0 Å². The smallest absolute Gasteiger partial charge is 0.256 e. The number of aryl methyl sites for hydroxylation is 1. The Kier molecular flexibility index (Phi) is 6.12. The van der Waals surface area contributed by atoms with Gasteiger partial charge in [-0.15, -0.1) is 0 Å². The average molecular weight is 494 g/mol. The Morgan fingerprint density at radius 1 is 1.00 bits per heavy atom. The first-order valence-corrected chi connectivity index (χ1v) is 11.3. The van der Waals surface area contributed by atoms with E-state index in [1.54, 1.807) is 0 Å². The fraction of sp³-hybridized carbons (Fsp3) is 0.154. The van der Waals surface area contributed by atoms with Gasteiger partial charge in [-0.1, -0.05) is 52.7 Å². The average Bonchev–Trinajstić information content (AvgIpc) is 2.78. The van der Waals surface area contributed by atoms with Gasteiger partial charge in [0.15, 0.2) is 0 Å². The number of nitrogens with one attached hydrogen (secondary N) is 1. The second kappa shape index (κ2) is 8.81. The SMILES string of the molecule is CCc1ccc2nc(-c3ccc(Cl)cc3)cc(C(=O)Nc3ccc(Br)c(C)c3C)c2c1. The van der Waals surface area contributed by atoms with Gasteiger partial charge in [0.05, 0.1) is 16.8 Å². The summed E-state index contributed by atoms with van der Waals surface area (Å²) in [5.41, 5.74) is 7.15. The first-order chi connectivity index (χ1) is 14.9. The van der Waals surface area contributed by atoms with Crippen molar-refractivity contribution in [3.8, 4) is 11.3 Å². The van der Waals surface area contributed by atoms with Crippen LogP contribution in [-0.4, -0.2) is 10.9 Å². The fourth-order valence-corrected chi connectivity index (χ4v) is 4.12. The van der Waals surface area contributed by atoms with E-state index < -0.39 is 0 Å². The van der Waals surface area contributed by atoms with Gasteiger partial charge in [-0.05, 0) is 79.4 Å². The normalized spacial score (nSPS) is 11.0. The second-order valence-corrected chi connectivity index (χ2v) is 8.86. The van der Waals surface area contributed by atoms with Crippen molar-refractivity contribution in [1.29, 1.82) is 0 Å². The van der Waals surface area contributed by atoms with Crippen LogP contribution in [0.25, 0.3) is 22.2 Å². The van der Waals surface area contributed by atoms with Gasteiger partial charge < -0.3 is 5.32 Å². The Morgan fingerprint density at radius 3 is 2.45 bits per heavy atom. The molecule has 4 aromatic rings. The molecule has 156 valence electrons. The van der Waals surface area contributed by atoms with Crippen molar-refractivity contribution < 1.29 is 4.79 Å². The second-order valence-electron chi connectivity index (χ2n) is 7.57. The lowest BCUT2D eigenvalue weighted by atomic mass is 10.0. The van der Waals surface area contributed by atoms with E-state index in [4.69, 9.17) is 16.6 Å². The zero-order valence-corrected chi connectivity index (χ0v) is 19.9. The molecule has 0 aliphatic rings. The zero-order chi connectivity index (χ0) is 22.1. The summed E-state index contributed by atoms with van der Waals surface area (Å²) in [5, 5.41) is 4.61. The summed E-state index contributed by atoms with van der Waals surface area (Å²) in [6.45, 7) is 6.14. The fourth-order valence-electron chi connectivity index (χ4n) is 3.56. The summed E-state index contributed by atoms with van der Waals surface area (Å²) in [4.78, 5) is 18.3. The highest BCUT2D eigenvalue weighted by Crippen LogP contribution is 2.29. The number of anilines is 1. The molecule has 3 aromatic carbocycles. The predicted molar refractivity (Wildman–Crippen MR) is 133 cm³/mol. The molecule has 0 aliphatic heterocycles. The molecule has 0 radical (unpaired) electrons. The van der Waals surface area contributed by atoms with Gasteiger partial charge >= 0.3 is 0 Å². The summed E-state index contributed by atoms with van der Waals surface area (Å²) >= 11 is 9.60. The molecule has 0 atom stereocenters. The zero-order valence-electron chi connectivity index (χ0n) is 17.6. The molecule has 0 aliphatic carbocycles. The first kappa shape index (κ1) is 21.5. The highest BCUT2D eigenvalue weighted by Gasteiger charge is 2.16. The molecule has 31 heavy (non-hydrogen) atoms. The van der Waals surface area contributed by atoms with Crippen molar-refractivity contribution >= 4 is 50.0 Å².